The van der Waals surface area contributed by atoms with Crippen LogP contribution in [0.25, 0.3) is 0 Å². The van der Waals surface area contributed by atoms with E-state index < -0.39 is 0 Å². The van der Waals surface area contributed by atoms with Gasteiger partial charge in [-0.05, 0) is 29.3 Å². The predicted molar refractivity (Wildman–Crippen MR) is 95.8 cm³/mol. The van der Waals surface area contributed by atoms with Crippen molar-refractivity contribution in [3.05, 3.63) is 87.9 Å². The average molecular weight is 383 g/mol. The van der Waals surface area contributed by atoms with Crippen LogP contribution in [0.1, 0.15) is 22.6 Å². The Morgan fingerprint density at radius 2 is 1.46 bits per heavy atom. The highest BCUT2D eigenvalue weighted by atomic mass is 79.9. The van der Waals surface area contributed by atoms with Crippen molar-refractivity contribution in [1.29, 1.82) is 0 Å². The molecule has 0 saturated heterocycles. The second-order valence-electron chi connectivity index (χ2n) is 5.66. The molecule has 1 aliphatic heterocycles. The van der Waals surface area contributed by atoms with E-state index in [1.165, 1.54) is 0 Å². The monoisotopic (exact) mass is 382 g/mol. The Morgan fingerprint density at radius 1 is 0.833 bits per heavy atom. The second-order valence-corrected chi connectivity index (χ2v) is 6.58. The van der Waals surface area contributed by atoms with Gasteiger partial charge in [0.25, 0.3) is 0 Å². The number of phenols is 1. The Labute approximate surface area is 148 Å². The van der Waals surface area contributed by atoms with Gasteiger partial charge in [-0.2, -0.15) is 0 Å². The third-order valence-electron chi connectivity index (χ3n) is 4.17. The molecule has 0 bridgehead atoms. The van der Waals surface area contributed by atoms with Crippen molar-refractivity contribution in [1.82, 2.24) is 0 Å². The standard InChI is InChI=1S/C20H15BrO3/c21-15-8-6-14(7-9-15)20(13-4-2-1-3-5-13)16-10-18-19(11-17(16)22)24-12-23-18/h1-11,20,22H,12H2/t20-/m0/s1. The lowest BCUT2D eigenvalue weighted by Crippen LogP contribution is -2.04. The fraction of sp³-hybridized carbons (Fsp3) is 0.100. The van der Waals surface area contributed by atoms with Gasteiger partial charge in [-0.1, -0.05) is 58.4 Å². The molecule has 3 nitrogen and oxygen atoms in total. The van der Waals surface area contributed by atoms with Gasteiger partial charge >= 0.3 is 0 Å². The highest BCUT2D eigenvalue weighted by Gasteiger charge is 2.24. The summed E-state index contributed by atoms with van der Waals surface area (Å²) in [4.78, 5) is 0. The summed E-state index contributed by atoms with van der Waals surface area (Å²) in [5, 5.41) is 10.6. The maximum Gasteiger partial charge on any atom is 0.231 e. The quantitative estimate of drug-likeness (QED) is 0.643. The number of aromatic hydroxyl groups is 1. The van der Waals surface area contributed by atoms with E-state index in [2.05, 4.69) is 40.2 Å². The normalized spacial score (nSPS) is 13.7. The van der Waals surface area contributed by atoms with E-state index in [0.29, 0.717) is 11.5 Å². The van der Waals surface area contributed by atoms with E-state index in [1.54, 1.807) is 6.07 Å². The zero-order chi connectivity index (χ0) is 16.5. The van der Waals surface area contributed by atoms with Gasteiger partial charge in [0.2, 0.25) is 6.79 Å². The van der Waals surface area contributed by atoms with Crippen molar-refractivity contribution >= 4 is 15.9 Å². The molecule has 0 aromatic heterocycles. The van der Waals surface area contributed by atoms with Crippen LogP contribution in [0.4, 0.5) is 0 Å². The molecule has 0 aliphatic carbocycles. The summed E-state index contributed by atoms with van der Waals surface area (Å²) in [5.41, 5.74) is 3.00. The van der Waals surface area contributed by atoms with Crippen LogP contribution < -0.4 is 9.47 Å². The largest absolute Gasteiger partial charge is 0.507 e. The van der Waals surface area contributed by atoms with Gasteiger partial charge in [0.1, 0.15) is 5.75 Å². The average Bonchev–Trinajstić information content (AvgIpc) is 3.05. The van der Waals surface area contributed by atoms with Gasteiger partial charge in [-0.15, -0.1) is 0 Å². The number of hydrogen-bond donors (Lipinski definition) is 1. The molecule has 3 aromatic carbocycles. The predicted octanol–water partition coefficient (Wildman–Crippen LogP) is 5.06. The van der Waals surface area contributed by atoms with Crippen LogP contribution in [0, 0.1) is 0 Å². The van der Waals surface area contributed by atoms with Crippen LogP contribution in [0.3, 0.4) is 0 Å². The molecule has 1 heterocycles. The summed E-state index contributed by atoms with van der Waals surface area (Å²) in [7, 11) is 0. The first-order chi connectivity index (χ1) is 11.7. The third kappa shape index (κ3) is 2.74. The first-order valence-electron chi connectivity index (χ1n) is 7.65. The minimum Gasteiger partial charge on any atom is -0.507 e. The van der Waals surface area contributed by atoms with E-state index in [0.717, 1.165) is 21.2 Å². The molecular weight excluding hydrogens is 368 g/mol. The molecule has 0 radical (unpaired) electrons. The maximum absolute atomic E-state index is 10.6. The fourth-order valence-electron chi connectivity index (χ4n) is 3.03. The van der Waals surface area contributed by atoms with Crippen LogP contribution in [0.15, 0.2) is 71.2 Å². The van der Waals surface area contributed by atoms with Gasteiger partial charge in [-0.3, -0.25) is 0 Å². The summed E-state index contributed by atoms with van der Waals surface area (Å²) in [6.07, 6.45) is 0. The summed E-state index contributed by atoms with van der Waals surface area (Å²) >= 11 is 3.48. The van der Waals surface area contributed by atoms with Crippen molar-refractivity contribution in [2.75, 3.05) is 6.79 Å². The van der Waals surface area contributed by atoms with Crippen LogP contribution in [-0.2, 0) is 0 Å². The lowest BCUT2D eigenvalue weighted by molar-refractivity contribution is 0.174. The minimum absolute atomic E-state index is 0.0891. The Bertz CT molecular complexity index is 860. The van der Waals surface area contributed by atoms with Gasteiger partial charge < -0.3 is 14.6 Å². The van der Waals surface area contributed by atoms with E-state index in [4.69, 9.17) is 9.47 Å². The van der Waals surface area contributed by atoms with Crippen LogP contribution in [0.5, 0.6) is 17.2 Å². The summed E-state index contributed by atoms with van der Waals surface area (Å²) in [6, 6.07) is 21.8. The lowest BCUT2D eigenvalue weighted by Gasteiger charge is -2.20. The highest BCUT2D eigenvalue weighted by molar-refractivity contribution is 9.10. The molecule has 0 saturated carbocycles. The highest BCUT2D eigenvalue weighted by Crippen LogP contribution is 2.44. The minimum atomic E-state index is -0.0891. The van der Waals surface area contributed by atoms with Crippen molar-refractivity contribution in [3.8, 4) is 17.2 Å². The molecule has 3 aromatic rings. The van der Waals surface area contributed by atoms with E-state index >= 15 is 0 Å². The number of hydrogen-bond acceptors (Lipinski definition) is 3. The number of phenolic OH excluding ortho intramolecular Hbond substituents is 1. The molecule has 1 N–H and O–H groups in total. The molecule has 0 fully saturated rings. The van der Waals surface area contributed by atoms with E-state index in [9.17, 15) is 5.11 Å². The first kappa shape index (κ1) is 15.1. The zero-order valence-electron chi connectivity index (χ0n) is 12.8. The Balaban J connectivity index is 1.89. The van der Waals surface area contributed by atoms with Crippen molar-refractivity contribution < 1.29 is 14.6 Å². The first-order valence-corrected chi connectivity index (χ1v) is 8.44. The number of ether oxygens (including phenoxy) is 2. The summed E-state index contributed by atoms with van der Waals surface area (Å²) in [6.45, 7) is 0.187. The Morgan fingerprint density at radius 3 is 2.17 bits per heavy atom. The Hall–Kier alpha value is -2.46. The lowest BCUT2D eigenvalue weighted by atomic mass is 9.84. The number of halogens is 1. The second kappa shape index (κ2) is 6.21. The van der Waals surface area contributed by atoms with E-state index in [1.807, 2.05) is 36.4 Å². The molecule has 0 unspecified atom stereocenters. The molecule has 4 heteroatoms. The molecule has 0 amide bonds. The smallest absolute Gasteiger partial charge is 0.231 e. The molecule has 4 rings (SSSR count). The molecule has 24 heavy (non-hydrogen) atoms. The SMILES string of the molecule is Oc1cc2c(cc1[C@@H](c1ccccc1)c1ccc(Br)cc1)OCO2. The summed E-state index contributed by atoms with van der Waals surface area (Å²) < 4.78 is 11.9. The fourth-order valence-corrected chi connectivity index (χ4v) is 3.29. The molecule has 0 spiro atoms. The Kier molecular flexibility index (Phi) is 3.90. The zero-order valence-corrected chi connectivity index (χ0v) is 14.4. The van der Waals surface area contributed by atoms with Crippen LogP contribution >= 0.6 is 15.9 Å². The third-order valence-corrected chi connectivity index (χ3v) is 4.70. The van der Waals surface area contributed by atoms with Crippen LogP contribution in [-0.4, -0.2) is 11.9 Å². The van der Waals surface area contributed by atoms with Gasteiger partial charge in [-0.25, -0.2) is 0 Å². The summed E-state index contributed by atoms with van der Waals surface area (Å²) in [5.74, 6) is 1.37. The van der Waals surface area contributed by atoms with Gasteiger partial charge in [0.15, 0.2) is 11.5 Å². The van der Waals surface area contributed by atoms with Crippen LogP contribution in [0.2, 0.25) is 0 Å². The molecule has 1 aliphatic rings. The van der Waals surface area contributed by atoms with Crippen molar-refractivity contribution in [2.24, 2.45) is 0 Å². The van der Waals surface area contributed by atoms with E-state index in [-0.39, 0.29) is 18.5 Å². The van der Waals surface area contributed by atoms with Crippen molar-refractivity contribution in [3.63, 3.8) is 0 Å². The molecule has 1 atom stereocenters. The number of rotatable bonds is 3. The van der Waals surface area contributed by atoms with Gasteiger partial charge in [0.05, 0.1) is 0 Å². The molecular formula is C20H15BrO3. The molecule has 120 valence electrons. The maximum atomic E-state index is 10.6. The number of benzene rings is 3. The van der Waals surface area contributed by atoms with Crippen molar-refractivity contribution in [2.45, 2.75) is 5.92 Å². The topological polar surface area (TPSA) is 38.7 Å². The number of fused-ring (bicyclic) bond motifs is 1. The van der Waals surface area contributed by atoms with Gasteiger partial charge in [0, 0.05) is 22.0 Å².